The van der Waals surface area contributed by atoms with Crippen LogP contribution in [0.25, 0.3) is 10.2 Å². The first kappa shape index (κ1) is 22.5. The van der Waals surface area contributed by atoms with Crippen molar-refractivity contribution in [2.24, 2.45) is 0 Å². The van der Waals surface area contributed by atoms with Gasteiger partial charge in [0.1, 0.15) is 21.4 Å². The number of rotatable bonds is 8. The van der Waals surface area contributed by atoms with E-state index in [-0.39, 0.29) is 28.2 Å². The highest BCUT2D eigenvalue weighted by atomic mass is 32.2. The van der Waals surface area contributed by atoms with Crippen LogP contribution in [0.4, 0.5) is 0 Å². The van der Waals surface area contributed by atoms with Crippen LogP contribution in [0.1, 0.15) is 65.5 Å². The maximum atomic E-state index is 12.9. The third-order valence-electron chi connectivity index (χ3n) is 5.09. The minimum absolute atomic E-state index is 0.172. The van der Waals surface area contributed by atoms with E-state index < -0.39 is 17.5 Å². The van der Waals surface area contributed by atoms with Crippen molar-refractivity contribution in [3.8, 4) is 0 Å². The van der Waals surface area contributed by atoms with Gasteiger partial charge in [0.05, 0.1) is 31.8 Å². The Bertz CT molecular complexity index is 1240. The minimum atomic E-state index is -0.624. The summed E-state index contributed by atoms with van der Waals surface area (Å²) in [5.74, 6) is 0.871. The van der Waals surface area contributed by atoms with Gasteiger partial charge in [-0.05, 0) is 12.8 Å². The molecule has 32 heavy (non-hydrogen) atoms. The molecule has 0 bridgehead atoms. The fourth-order valence-electron chi connectivity index (χ4n) is 3.41. The number of esters is 2. The second kappa shape index (κ2) is 9.02. The summed E-state index contributed by atoms with van der Waals surface area (Å²) in [5.41, 5.74) is -0.144. The zero-order valence-corrected chi connectivity index (χ0v) is 19.8. The van der Waals surface area contributed by atoms with E-state index in [1.807, 2.05) is 0 Å². The molecule has 0 aromatic carbocycles. The van der Waals surface area contributed by atoms with Gasteiger partial charge in [-0.15, -0.1) is 21.5 Å². The number of hydrogen-bond donors (Lipinski definition) is 1. The first-order valence-corrected chi connectivity index (χ1v) is 11.9. The van der Waals surface area contributed by atoms with E-state index in [2.05, 4.69) is 38.6 Å². The highest BCUT2D eigenvalue weighted by Gasteiger charge is 2.30. The van der Waals surface area contributed by atoms with Crippen LogP contribution in [0.3, 0.4) is 0 Å². The molecule has 0 amide bonds. The summed E-state index contributed by atoms with van der Waals surface area (Å²) in [7, 11) is 2.49. The van der Waals surface area contributed by atoms with Crippen LogP contribution in [0.15, 0.2) is 9.95 Å². The van der Waals surface area contributed by atoms with Gasteiger partial charge in [0, 0.05) is 17.5 Å². The van der Waals surface area contributed by atoms with Crippen LogP contribution in [-0.4, -0.2) is 50.9 Å². The second-order valence-corrected chi connectivity index (χ2v) is 9.67. The lowest BCUT2D eigenvalue weighted by Crippen LogP contribution is -2.15. The van der Waals surface area contributed by atoms with Crippen LogP contribution in [0, 0.1) is 0 Å². The van der Waals surface area contributed by atoms with Crippen molar-refractivity contribution >= 4 is 45.3 Å². The normalized spacial score (nSPS) is 13.7. The Kier molecular flexibility index (Phi) is 6.33. The van der Waals surface area contributed by atoms with Crippen molar-refractivity contribution < 1.29 is 19.1 Å². The van der Waals surface area contributed by atoms with Crippen molar-refractivity contribution in [1.82, 2.24) is 24.7 Å². The van der Waals surface area contributed by atoms with E-state index in [1.165, 1.54) is 26.0 Å². The number of fused-ring (bicyclic) bond motifs is 1. The van der Waals surface area contributed by atoms with Crippen molar-refractivity contribution in [2.45, 2.75) is 56.0 Å². The number of hydrogen-bond acceptors (Lipinski definition) is 10. The molecule has 170 valence electrons. The molecule has 1 N–H and O–H groups in total. The number of aromatic amines is 1. The SMILES string of the molecule is COC(=O)Cc1c(C(=O)OC)sc2nc(CSc3nnc(C(C)C)n3C3CC3)[nH]c(=O)c12. The quantitative estimate of drug-likeness (QED) is 0.384. The predicted molar refractivity (Wildman–Crippen MR) is 119 cm³/mol. The molecular weight excluding hydrogens is 454 g/mol. The Morgan fingerprint density at radius 3 is 2.62 bits per heavy atom. The van der Waals surface area contributed by atoms with Gasteiger partial charge in [-0.2, -0.15) is 0 Å². The Balaban J connectivity index is 1.66. The lowest BCUT2D eigenvalue weighted by Gasteiger charge is -2.10. The Morgan fingerprint density at radius 1 is 1.25 bits per heavy atom. The van der Waals surface area contributed by atoms with Crippen molar-refractivity contribution in [2.75, 3.05) is 14.2 Å². The molecule has 0 spiro atoms. The van der Waals surface area contributed by atoms with Gasteiger partial charge < -0.3 is 19.0 Å². The van der Waals surface area contributed by atoms with E-state index in [0.29, 0.717) is 22.4 Å². The summed E-state index contributed by atoms with van der Waals surface area (Å²) in [6.45, 7) is 4.18. The minimum Gasteiger partial charge on any atom is -0.469 e. The topological polar surface area (TPSA) is 129 Å². The standard InChI is InChI=1S/C20H23N5O5S2/c1-9(2)16-23-24-20(25(16)10-5-6-10)31-8-12-21-17(27)14-11(7-13(26)29-3)15(19(28)30-4)32-18(14)22-12/h9-10H,5-8H2,1-4H3,(H,21,22,27). The molecule has 0 saturated heterocycles. The number of nitrogens with zero attached hydrogens (tertiary/aromatic N) is 4. The van der Waals surface area contributed by atoms with E-state index in [4.69, 9.17) is 9.47 Å². The van der Waals surface area contributed by atoms with Crippen LogP contribution in [0.5, 0.6) is 0 Å². The third-order valence-corrected chi connectivity index (χ3v) is 7.15. The molecule has 3 aromatic heterocycles. The summed E-state index contributed by atoms with van der Waals surface area (Å²) in [5, 5.41) is 9.69. The van der Waals surface area contributed by atoms with Crippen molar-refractivity contribution in [3.05, 3.63) is 32.4 Å². The molecule has 4 rings (SSSR count). The van der Waals surface area contributed by atoms with Gasteiger partial charge in [0.15, 0.2) is 5.16 Å². The molecule has 0 radical (unpaired) electrons. The van der Waals surface area contributed by atoms with Gasteiger partial charge in [-0.25, -0.2) is 9.78 Å². The molecule has 1 aliphatic carbocycles. The number of nitrogens with one attached hydrogen (secondary N) is 1. The molecule has 0 aliphatic heterocycles. The Morgan fingerprint density at radius 2 is 2.00 bits per heavy atom. The summed E-state index contributed by atoms with van der Waals surface area (Å²) in [6, 6.07) is 0.431. The lowest BCUT2D eigenvalue weighted by atomic mass is 10.1. The molecule has 1 saturated carbocycles. The second-order valence-electron chi connectivity index (χ2n) is 7.73. The number of H-pyrrole nitrogens is 1. The number of thiophene rings is 1. The molecule has 12 heteroatoms. The molecule has 0 atom stereocenters. The average Bonchev–Trinajstić information content (AvgIpc) is 3.41. The van der Waals surface area contributed by atoms with E-state index in [0.717, 1.165) is 35.2 Å². The Labute approximate surface area is 191 Å². The van der Waals surface area contributed by atoms with Gasteiger partial charge in [0.2, 0.25) is 0 Å². The van der Waals surface area contributed by atoms with Crippen LogP contribution >= 0.6 is 23.1 Å². The maximum Gasteiger partial charge on any atom is 0.348 e. The zero-order valence-electron chi connectivity index (χ0n) is 18.1. The number of thioether (sulfide) groups is 1. The van der Waals surface area contributed by atoms with E-state index in [9.17, 15) is 14.4 Å². The van der Waals surface area contributed by atoms with Crippen LogP contribution < -0.4 is 5.56 Å². The Hall–Kier alpha value is -2.73. The molecule has 1 fully saturated rings. The predicted octanol–water partition coefficient (Wildman–Crippen LogP) is 2.83. The molecule has 10 nitrogen and oxygen atoms in total. The van der Waals surface area contributed by atoms with Gasteiger partial charge in [-0.3, -0.25) is 9.59 Å². The number of aromatic nitrogens is 5. The number of carbonyl (C=O) groups is 2. The van der Waals surface area contributed by atoms with Crippen LogP contribution in [-0.2, 0) is 26.4 Å². The third kappa shape index (κ3) is 4.29. The summed E-state index contributed by atoms with van der Waals surface area (Å²) in [6.07, 6.45) is 2.00. The average molecular weight is 478 g/mol. The monoisotopic (exact) mass is 477 g/mol. The highest BCUT2D eigenvalue weighted by Crippen LogP contribution is 2.40. The molecule has 3 aromatic rings. The molecular formula is C20H23N5O5S2. The smallest absolute Gasteiger partial charge is 0.348 e. The number of methoxy groups -OCH3 is 2. The van der Waals surface area contributed by atoms with Gasteiger partial charge in [0.25, 0.3) is 5.56 Å². The van der Waals surface area contributed by atoms with Gasteiger partial charge in [-0.1, -0.05) is 25.6 Å². The summed E-state index contributed by atoms with van der Waals surface area (Å²) in [4.78, 5) is 44.8. The zero-order chi connectivity index (χ0) is 23.0. The maximum absolute atomic E-state index is 12.9. The largest absolute Gasteiger partial charge is 0.469 e. The lowest BCUT2D eigenvalue weighted by molar-refractivity contribution is -0.139. The number of ether oxygens (including phenoxy) is 2. The molecule has 1 aliphatic rings. The van der Waals surface area contributed by atoms with Crippen molar-refractivity contribution in [3.63, 3.8) is 0 Å². The fourth-order valence-corrected chi connectivity index (χ4v) is 5.42. The van der Waals surface area contributed by atoms with Crippen LogP contribution in [0.2, 0.25) is 0 Å². The molecule has 3 heterocycles. The fraction of sp³-hybridized carbons (Fsp3) is 0.500. The summed E-state index contributed by atoms with van der Waals surface area (Å²) >= 11 is 2.48. The first-order valence-electron chi connectivity index (χ1n) is 10.1. The van der Waals surface area contributed by atoms with Gasteiger partial charge >= 0.3 is 11.9 Å². The molecule has 0 unspecified atom stereocenters. The highest BCUT2D eigenvalue weighted by molar-refractivity contribution is 7.98. The first-order chi connectivity index (χ1) is 15.3. The van der Waals surface area contributed by atoms with E-state index in [1.54, 1.807) is 0 Å². The number of carbonyl (C=O) groups excluding carboxylic acids is 2. The van der Waals surface area contributed by atoms with E-state index >= 15 is 0 Å². The summed E-state index contributed by atoms with van der Waals surface area (Å²) < 4.78 is 11.7. The van der Waals surface area contributed by atoms with Crippen molar-refractivity contribution in [1.29, 1.82) is 0 Å².